The molecule has 2 rings (SSSR count). The minimum Gasteiger partial charge on any atom is -0.481 e. The molecule has 110 valence electrons. The fourth-order valence-corrected chi connectivity index (χ4v) is 2.61. The Kier molecular flexibility index (Phi) is 5.01. The van der Waals surface area contributed by atoms with E-state index in [1.54, 1.807) is 0 Å². The van der Waals surface area contributed by atoms with E-state index in [0.717, 1.165) is 43.7 Å². The second-order valence-corrected chi connectivity index (χ2v) is 5.44. The molecule has 0 bridgehead atoms. The zero-order chi connectivity index (χ0) is 14.5. The highest BCUT2D eigenvalue weighted by molar-refractivity contribution is 5.81. The molecular formula is C16H24N2O2. The van der Waals surface area contributed by atoms with Gasteiger partial charge in [0.15, 0.2) is 6.10 Å². The van der Waals surface area contributed by atoms with Crippen LogP contribution in [-0.4, -0.2) is 36.5 Å². The van der Waals surface area contributed by atoms with Crippen molar-refractivity contribution in [1.82, 2.24) is 4.90 Å². The molecule has 4 heteroatoms. The molecule has 1 saturated heterocycles. The van der Waals surface area contributed by atoms with Gasteiger partial charge in [0.05, 0.1) is 0 Å². The quantitative estimate of drug-likeness (QED) is 0.893. The van der Waals surface area contributed by atoms with Gasteiger partial charge in [-0.25, -0.2) is 0 Å². The van der Waals surface area contributed by atoms with E-state index in [-0.39, 0.29) is 5.91 Å². The summed E-state index contributed by atoms with van der Waals surface area (Å²) in [5.41, 5.74) is 7.90. The molecule has 1 aliphatic heterocycles. The molecule has 1 heterocycles. The minimum atomic E-state index is -0.438. The summed E-state index contributed by atoms with van der Waals surface area (Å²) in [5, 5.41) is 0. The summed E-state index contributed by atoms with van der Waals surface area (Å²) in [7, 11) is 0. The number of likely N-dealkylation sites (tertiary alicyclic amines) is 1. The third-order valence-electron chi connectivity index (χ3n) is 3.70. The van der Waals surface area contributed by atoms with Crippen LogP contribution >= 0.6 is 0 Å². The highest BCUT2D eigenvalue weighted by atomic mass is 16.5. The van der Waals surface area contributed by atoms with Crippen LogP contribution in [0, 0.1) is 6.92 Å². The number of rotatable bonds is 5. The number of carbonyl (C=O) groups excluding carboxylic acids is 1. The topological polar surface area (TPSA) is 55.6 Å². The average molecular weight is 276 g/mol. The maximum Gasteiger partial charge on any atom is 0.263 e. The number of nitrogens with two attached hydrogens (primary N) is 1. The summed E-state index contributed by atoms with van der Waals surface area (Å²) in [6.07, 6.45) is 2.53. The third-order valence-corrected chi connectivity index (χ3v) is 3.70. The predicted molar refractivity (Wildman–Crippen MR) is 79.8 cm³/mol. The maximum atomic E-state index is 12.3. The Bertz CT molecular complexity index is 468. The summed E-state index contributed by atoms with van der Waals surface area (Å²) in [6.45, 7) is 6.16. The molecule has 1 amide bonds. The Morgan fingerprint density at radius 3 is 2.75 bits per heavy atom. The van der Waals surface area contributed by atoms with Crippen LogP contribution in [-0.2, 0) is 11.2 Å². The van der Waals surface area contributed by atoms with E-state index < -0.39 is 6.10 Å². The van der Waals surface area contributed by atoms with Crippen LogP contribution < -0.4 is 10.5 Å². The van der Waals surface area contributed by atoms with E-state index in [1.807, 2.05) is 30.9 Å². The van der Waals surface area contributed by atoms with Crippen LogP contribution in [0.3, 0.4) is 0 Å². The number of hydrogen-bond acceptors (Lipinski definition) is 3. The molecule has 0 radical (unpaired) electrons. The van der Waals surface area contributed by atoms with Crippen LogP contribution in [0.5, 0.6) is 5.75 Å². The Morgan fingerprint density at radius 1 is 1.40 bits per heavy atom. The number of nitrogens with zero attached hydrogens (tertiary/aromatic N) is 1. The fourth-order valence-electron chi connectivity index (χ4n) is 2.61. The molecule has 1 aromatic carbocycles. The lowest BCUT2D eigenvalue weighted by atomic mass is 10.1. The van der Waals surface area contributed by atoms with Crippen LogP contribution in [0.15, 0.2) is 18.2 Å². The average Bonchev–Trinajstić information content (AvgIpc) is 2.95. The van der Waals surface area contributed by atoms with E-state index in [9.17, 15) is 4.79 Å². The van der Waals surface area contributed by atoms with Gasteiger partial charge < -0.3 is 15.4 Å². The minimum absolute atomic E-state index is 0.0850. The first-order valence-corrected chi connectivity index (χ1v) is 7.37. The number of carbonyl (C=O) groups is 1. The molecule has 1 aromatic rings. The van der Waals surface area contributed by atoms with Gasteiger partial charge in [-0.3, -0.25) is 4.79 Å². The Balaban J connectivity index is 2.06. The summed E-state index contributed by atoms with van der Waals surface area (Å²) in [6, 6.07) is 6.02. The molecule has 0 aromatic heterocycles. The molecule has 20 heavy (non-hydrogen) atoms. The van der Waals surface area contributed by atoms with Crippen molar-refractivity contribution in [2.75, 3.05) is 19.6 Å². The van der Waals surface area contributed by atoms with Gasteiger partial charge in [0.1, 0.15) is 5.75 Å². The number of benzene rings is 1. The van der Waals surface area contributed by atoms with Gasteiger partial charge in [0.2, 0.25) is 0 Å². The SMILES string of the molecule is Cc1ccc(OC(C)C(=O)N2CCCC2)c(CCN)c1. The predicted octanol–water partition coefficient (Wildman–Crippen LogP) is 1.89. The van der Waals surface area contributed by atoms with E-state index in [4.69, 9.17) is 10.5 Å². The highest BCUT2D eigenvalue weighted by Crippen LogP contribution is 2.22. The van der Waals surface area contributed by atoms with Crippen molar-refractivity contribution in [2.24, 2.45) is 5.73 Å². The second-order valence-electron chi connectivity index (χ2n) is 5.44. The van der Waals surface area contributed by atoms with Crippen molar-refractivity contribution in [3.8, 4) is 5.75 Å². The number of hydrogen-bond donors (Lipinski definition) is 1. The Hall–Kier alpha value is -1.55. The number of amides is 1. The normalized spacial score (nSPS) is 16.2. The Morgan fingerprint density at radius 2 is 2.10 bits per heavy atom. The van der Waals surface area contributed by atoms with Crippen LogP contribution in [0.1, 0.15) is 30.9 Å². The number of ether oxygens (including phenoxy) is 1. The molecule has 4 nitrogen and oxygen atoms in total. The largest absolute Gasteiger partial charge is 0.481 e. The maximum absolute atomic E-state index is 12.3. The summed E-state index contributed by atoms with van der Waals surface area (Å²) in [4.78, 5) is 14.2. The van der Waals surface area contributed by atoms with E-state index in [1.165, 1.54) is 5.56 Å². The fraction of sp³-hybridized carbons (Fsp3) is 0.562. The smallest absolute Gasteiger partial charge is 0.263 e. The van der Waals surface area contributed by atoms with Crippen molar-refractivity contribution >= 4 is 5.91 Å². The van der Waals surface area contributed by atoms with Crippen LogP contribution in [0.2, 0.25) is 0 Å². The first-order chi connectivity index (χ1) is 9.61. The van der Waals surface area contributed by atoms with Crippen molar-refractivity contribution < 1.29 is 9.53 Å². The van der Waals surface area contributed by atoms with Gasteiger partial charge in [0.25, 0.3) is 5.91 Å². The molecule has 0 spiro atoms. The van der Waals surface area contributed by atoms with E-state index in [0.29, 0.717) is 6.54 Å². The molecule has 1 unspecified atom stereocenters. The van der Waals surface area contributed by atoms with E-state index in [2.05, 4.69) is 6.07 Å². The summed E-state index contributed by atoms with van der Waals surface area (Å²) >= 11 is 0. The zero-order valence-corrected chi connectivity index (χ0v) is 12.4. The first kappa shape index (κ1) is 14.9. The van der Waals surface area contributed by atoms with E-state index >= 15 is 0 Å². The monoisotopic (exact) mass is 276 g/mol. The number of aryl methyl sites for hydroxylation is 1. The Labute approximate surface area is 120 Å². The lowest BCUT2D eigenvalue weighted by molar-refractivity contribution is -0.136. The van der Waals surface area contributed by atoms with Gasteiger partial charge in [0, 0.05) is 13.1 Å². The molecular weight excluding hydrogens is 252 g/mol. The highest BCUT2D eigenvalue weighted by Gasteiger charge is 2.24. The van der Waals surface area contributed by atoms with Crippen molar-refractivity contribution in [3.05, 3.63) is 29.3 Å². The first-order valence-electron chi connectivity index (χ1n) is 7.37. The standard InChI is InChI=1S/C16H24N2O2/c1-12-5-6-15(14(11-12)7-8-17)20-13(2)16(19)18-9-3-4-10-18/h5-6,11,13H,3-4,7-10,17H2,1-2H3. The van der Waals surface area contributed by atoms with Gasteiger partial charge in [-0.05, 0) is 51.3 Å². The third kappa shape index (κ3) is 3.51. The molecule has 1 aliphatic rings. The zero-order valence-electron chi connectivity index (χ0n) is 12.4. The van der Waals surface area contributed by atoms with Crippen LogP contribution in [0.4, 0.5) is 0 Å². The van der Waals surface area contributed by atoms with Gasteiger partial charge in [-0.2, -0.15) is 0 Å². The van der Waals surface area contributed by atoms with Gasteiger partial charge in [-0.1, -0.05) is 17.7 Å². The van der Waals surface area contributed by atoms with Crippen molar-refractivity contribution in [3.63, 3.8) is 0 Å². The lowest BCUT2D eigenvalue weighted by Gasteiger charge is -2.22. The van der Waals surface area contributed by atoms with Crippen LogP contribution in [0.25, 0.3) is 0 Å². The summed E-state index contributed by atoms with van der Waals surface area (Å²) in [5.74, 6) is 0.864. The molecule has 0 saturated carbocycles. The second kappa shape index (κ2) is 6.75. The molecule has 2 N–H and O–H groups in total. The van der Waals surface area contributed by atoms with Crippen molar-refractivity contribution in [2.45, 2.75) is 39.2 Å². The summed E-state index contributed by atoms with van der Waals surface area (Å²) < 4.78 is 5.88. The molecule has 1 atom stereocenters. The molecule has 1 fully saturated rings. The molecule has 0 aliphatic carbocycles. The lowest BCUT2D eigenvalue weighted by Crippen LogP contribution is -2.38. The van der Waals surface area contributed by atoms with Gasteiger partial charge >= 0.3 is 0 Å². The van der Waals surface area contributed by atoms with Crippen molar-refractivity contribution in [1.29, 1.82) is 0 Å². The van der Waals surface area contributed by atoms with Gasteiger partial charge in [-0.15, -0.1) is 0 Å².